The Balaban J connectivity index is 1.79. The summed E-state index contributed by atoms with van der Waals surface area (Å²) in [6.45, 7) is 6.61. The number of carbonyl (C=O) groups excluding carboxylic acids is 3. The quantitative estimate of drug-likeness (QED) is 0.466. The molecule has 0 saturated carbocycles. The summed E-state index contributed by atoms with van der Waals surface area (Å²) >= 11 is 0. The number of fused-ring (bicyclic) bond motifs is 3. The summed E-state index contributed by atoms with van der Waals surface area (Å²) in [5, 5.41) is 0. The van der Waals surface area contributed by atoms with Gasteiger partial charge in [0.15, 0.2) is 5.78 Å². The molecule has 0 aromatic carbocycles. The average Bonchev–Trinajstić information content (AvgIpc) is 3.18. The van der Waals surface area contributed by atoms with Crippen LogP contribution in [0.3, 0.4) is 0 Å². The predicted octanol–water partition coefficient (Wildman–Crippen LogP) is 4.48. The summed E-state index contributed by atoms with van der Waals surface area (Å²) in [7, 11) is 0. The highest BCUT2D eigenvalue weighted by Crippen LogP contribution is 2.44. The zero-order valence-corrected chi connectivity index (χ0v) is 19.0. The van der Waals surface area contributed by atoms with Crippen LogP contribution in [0.2, 0.25) is 0 Å². The topological polar surface area (TPSA) is 63.7 Å². The van der Waals surface area contributed by atoms with Crippen LogP contribution >= 0.6 is 0 Å². The maximum Gasteiger partial charge on any atom is 0.226 e. The molecule has 2 saturated heterocycles. The van der Waals surface area contributed by atoms with Crippen molar-refractivity contribution in [3.63, 3.8) is 0 Å². The lowest BCUT2D eigenvalue weighted by atomic mass is 9.85. The number of ether oxygens (including phenoxy) is 1. The first-order chi connectivity index (χ1) is 14.3. The highest BCUT2D eigenvalue weighted by Gasteiger charge is 2.55. The molecule has 5 nitrogen and oxygen atoms in total. The summed E-state index contributed by atoms with van der Waals surface area (Å²) in [5.74, 6) is -0.172. The lowest BCUT2D eigenvalue weighted by molar-refractivity contribution is -0.143. The van der Waals surface area contributed by atoms with Crippen molar-refractivity contribution in [3.8, 4) is 0 Å². The van der Waals surface area contributed by atoms with Crippen LogP contribution in [0.1, 0.15) is 85.0 Å². The largest absolute Gasteiger partial charge is 0.370 e. The second-order valence-corrected chi connectivity index (χ2v) is 10.2. The third-order valence-corrected chi connectivity index (χ3v) is 7.10. The van der Waals surface area contributed by atoms with Gasteiger partial charge < -0.3 is 14.4 Å². The van der Waals surface area contributed by atoms with Crippen LogP contribution in [0.25, 0.3) is 0 Å². The number of amides is 1. The van der Waals surface area contributed by atoms with Crippen molar-refractivity contribution in [2.45, 2.75) is 103 Å². The van der Waals surface area contributed by atoms with Gasteiger partial charge in [-0.2, -0.15) is 0 Å². The van der Waals surface area contributed by atoms with Crippen molar-refractivity contribution in [3.05, 3.63) is 12.2 Å². The molecule has 168 valence electrons. The number of Topliss-reactive ketones (excluding diaryl/α,β-unsaturated/α-hetero) is 1. The zero-order valence-electron chi connectivity index (χ0n) is 19.0. The fourth-order valence-electron chi connectivity index (χ4n) is 5.53. The molecule has 0 aromatic heterocycles. The lowest BCUT2D eigenvalue weighted by Gasteiger charge is -2.31. The molecule has 5 heteroatoms. The smallest absolute Gasteiger partial charge is 0.226 e. The Kier molecular flexibility index (Phi) is 7.89. The molecule has 0 aliphatic carbocycles. The first-order valence-corrected chi connectivity index (χ1v) is 11.9. The molecule has 1 amide bonds. The van der Waals surface area contributed by atoms with E-state index in [1.807, 2.05) is 6.92 Å². The molecule has 0 radical (unpaired) electrons. The van der Waals surface area contributed by atoms with E-state index in [1.165, 1.54) is 0 Å². The Bertz CT molecular complexity index is 656. The SMILES string of the molecule is C[C@H]1CCCCC=CCCCC[C@@H](C=O)CC(=O)[C@@H]2[C@H]3CC(C)(C)OC3CN2C1=O. The fourth-order valence-corrected chi connectivity index (χ4v) is 5.53. The van der Waals surface area contributed by atoms with Gasteiger partial charge in [-0.1, -0.05) is 31.9 Å². The van der Waals surface area contributed by atoms with E-state index in [0.29, 0.717) is 6.54 Å². The average molecular weight is 418 g/mol. The molecule has 2 fully saturated rings. The highest BCUT2D eigenvalue weighted by molar-refractivity contribution is 5.92. The molecule has 3 aliphatic rings. The van der Waals surface area contributed by atoms with Gasteiger partial charge in [-0.15, -0.1) is 0 Å². The van der Waals surface area contributed by atoms with E-state index in [1.54, 1.807) is 4.90 Å². The standard InChI is InChI=1S/C25H39NO4/c1-18-12-10-8-6-4-5-7-9-11-13-19(17-27)14-21(28)23-20-15-25(2,3)30-22(20)16-26(23)24(18)29/h4-5,17-20,22-23H,6-16H2,1-3H3/t18-,19+,20-,22?,23-/m0/s1. The minimum Gasteiger partial charge on any atom is -0.370 e. The lowest BCUT2D eigenvalue weighted by Crippen LogP contribution is -2.46. The highest BCUT2D eigenvalue weighted by atomic mass is 16.5. The summed E-state index contributed by atoms with van der Waals surface area (Å²) in [4.78, 5) is 40.2. The maximum absolute atomic E-state index is 13.4. The van der Waals surface area contributed by atoms with Gasteiger partial charge in [-0.05, 0) is 58.8 Å². The maximum atomic E-state index is 13.4. The Hall–Kier alpha value is -1.49. The number of aldehydes is 1. The van der Waals surface area contributed by atoms with E-state index >= 15 is 0 Å². The predicted molar refractivity (Wildman–Crippen MR) is 117 cm³/mol. The number of hydrogen-bond acceptors (Lipinski definition) is 4. The van der Waals surface area contributed by atoms with Crippen LogP contribution in [-0.4, -0.2) is 47.2 Å². The summed E-state index contributed by atoms with van der Waals surface area (Å²) in [5.41, 5.74) is -0.263. The molecule has 0 bridgehead atoms. The Morgan fingerprint density at radius 3 is 2.40 bits per heavy atom. The summed E-state index contributed by atoms with van der Waals surface area (Å²) in [6.07, 6.45) is 14.1. The normalized spacial score (nSPS) is 36.2. The Labute approximate surface area is 181 Å². The van der Waals surface area contributed by atoms with Crippen molar-refractivity contribution < 1.29 is 19.1 Å². The second kappa shape index (κ2) is 10.2. The number of carbonyl (C=O) groups is 3. The van der Waals surface area contributed by atoms with Gasteiger partial charge in [0, 0.05) is 30.7 Å². The number of hydrogen-bond donors (Lipinski definition) is 0. The van der Waals surface area contributed by atoms with Gasteiger partial charge in [-0.3, -0.25) is 9.59 Å². The molecule has 30 heavy (non-hydrogen) atoms. The number of rotatable bonds is 1. The van der Waals surface area contributed by atoms with Crippen LogP contribution in [0.15, 0.2) is 12.2 Å². The third kappa shape index (κ3) is 5.60. The minimum atomic E-state index is -0.438. The van der Waals surface area contributed by atoms with Crippen molar-refractivity contribution in [1.82, 2.24) is 4.90 Å². The molecule has 0 N–H and O–H groups in total. The molecule has 0 aromatic rings. The van der Waals surface area contributed by atoms with E-state index in [4.69, 9.17) is 4.74 Å². The second-order valence-electron chi connectivity index (χ2n) is 10.2. The molecule has 5 atom stereocenters. The molecule has 0 spiro atoms. The summed E-state index contributed by atoms with van der Waals surface area (Å²) < 4.78 is 6.21. The third-order valence-electron chi connectivity index (χ3n) is 7.10. The van der Waals surface area contributed by atoms with Crippen LogP contribution < -0.4 is 0 Å². The van der Waals surface area contributed by atoms with E-state index in [0.717, 1.165) is 64.1 Å². The van der Waals surface area contributed by atoms with Gasteiger partial charge in [0.05, 0.1) is 17.7 Å². The Morgan fingerprint density at radius 2 is 1.73 bits per heavy atom. The molecular formula is C25H39NO4. The first-order valence-electron chi connectivity index (χ1n) is 11.9. The zero-order chi connectivity index (χ0) is 21.7. The number of ketones is 1. The van der Waals surface area contributed by atoms with Crippen molar-refractivity contribution in [2.24, 2.45) is 17.8 Å². The Morgan fingerprint density at radius 1 is 1.07 bits per heavy atom. The van der Waals surface area contributed by atoms with Crippen molar-refractivity contribution >= 4 is 18.0 Å². The minimum absolute atomic E-state index is 0.0437. The van der Waals surface area contributed by atoms with Crippen LogP contribution in [0.5, 0.6) is 0 Å². The van der Waals surface area contributed by atoms with Gasteiger partial charge in [0.1, 0.15) is 6.29 Å². The fraction of sp³-hybridized carbons (Fsp3) is 0.800. The van der Waals surface area contributed by atoms with Crippen molar-refractivity contribution in [1.29, 1.82) is 0 Å². The molecule has 3 aliphatic heterocycles. The van der Waals surface area contributed by atoms with Gasteiger partial charge in [0.25, 0.3) is 0 Å². The van der Waals surface area contributed by atoms with Crippen molar-refractivity contribution in [2.75, 3.05) is 6.54 Å². The molecule has 3 heterocycles. The molecular weight excluding hydrogens is 378 g/mol. The van der Waals surface area contributed by atoms with Gasteiger partial charge in [-0.25, -0.2) is 0 Å². The number of allylic oxidation sites excluding steroid dienone is 2. The van der Waals surface area contributed by atoms with Gasteiger partial charge >= 0.3 is 0 Å². The van der Waals surface area contributed by atoms with Crippen LogP contribution in [-0.2, 0) is 19.1 Å². The van der Waals surface area contributed by atoms with E-state index < -0.39 is 6.04 Å². The number of nitrogens with zero attached hydrogens (tertiary/aromatic N) is 1. The molecule has 3 rings (SSSR count). The summed E-state index contributed by atoms with van der Waals surface area (Å²) in [6, 6.07) is -0.438. The van der Waals surface area contributed by atoms with E-state index in [-0.39, 0.29) is 47.6 Å². The van der Waals surface area contributed by atoms with Gasteiger partial charge in [0.2, 0.25) is 5.91 Å². The van der Waals surface area contributed by atoms with Crippen LogP contribution in [0, 0.1) is 17.8 Å². The van der Waals surface area contributed by atoms with E-state index in [2.05, 4.69) is 26.0 Å². The van der Waals surface area contributed by atoms with E-state index in [9.17, 15) is 14.4 Å². The monoisotopic (exact) mass is 417 g/mol. The molecule has 1 unspecified atom stereocenters. The first kappa shape index (κ1) is 23.2. The van der Waals surface area contributed by atoms with Crippen LogP contribution in [0.4, 0.5) is 0 Å².